The summed E-state index contributed by atoms with van der Waals surface area (Å²) in [6.45, 7) is 2.56. The molecule has 11 heavy (non-hydrogen) atoms. The van der Waals surface area contributed by atoms with Crippen molar-refractivity contribution in [1.29, 1.82) is 0 Å². The molecule has 0 fully saturated rings. The molecule has 2 N–H and O–H groups in total. The second-order valence-electron chi connectivity index (χ2n) is 2.32. The topological polar surface area (TPSA) is 38.9 Å². The molecule has 1 heterocycles. The van der Waals surface area contributed by atoms with E-state index in [4.69, 9.17) is 17.3 Å². The van der Waals surface area contributed by atoms with Gasteiger partial charge in [0, 0.05) is 18.4 Å². The van der Waals surface area contributed by atoms with Crippen molar-refractivity contribution in [3.63, 3.8) is 0 Å². The van der Waals surface area contributed by atoms with E-state index in [1.165, 1.54) is 0 Å². The zero-order chi connectivity index (χ0) is 8.27. The highest BCUT2D eigenvalue weighted by Gasteiger charge is 1.99. The molecule has 0 radical (unpaired) electrons. The molecule has 0 bridgehead atoms. The highest BCUT2D eigenvalue weighted by Crippen LogP contribution is 2.12. The number of rotatable bonds is 2. The standard InChI is InChI=1S/C8H11ClN2/c1-2-8-6(4-10)3-7(9)5-11-8/h3,5H,2,4,10H2,1H3. The number of nitrogens with two attached hydrogens (primary N) is 1. The molecule has 0 unspecified atom stereocenters. The van der Waals surface area contributed by atoms with Gasteiger partial charge >= 0.3 is 0 Å². The van der Waals surface area contributed by atoms with Gasteiger partial charge in [0.15, 0.2) is 0 Å². The van der Waals surface area contributed by atoms with Crippen LogP contribution in [0.25, 0.3) is 0 Å². The minimum atomic E-state index is 0.511. The largest absolute Gasteiger partial charge is 0.326 e. The summed E-state index contributed by atoms with van der Waals surface area (Å²) in [5.41, 5.74) is 7.58. The van der Waals surface area contributed by atoms with Crippen LogP contribution in [0.4, 0.5) is 0 Å². The van der Waals surface area contributed by atoms with Crippen LogP contribution in [0.2, 0.25) is 5.02 Å². The van der Waals surface area contributed by atoms with Gasteiger partial charge in [0.2, 0.25) is 0 Å². The van der Waals surface area contributed by atoms with Crippen LogP contribution in [0.1, 0.15) is 18.2 Å². The normalized spacial score (nSPS) is 10.1. The van der Waals surface area contributed by atoms with Crippen molar-refractivity contribution in [3.8, 4) is 0 Å². The summed E-state index contributed by atoms with van der Waals surface area (Å²) in [4.78, 5) is 4.16. The van der Waals surface area contributed by atoms with E-state index in [1.54, 1.807) is 6.20 Å². The van der Waals surface area contributed by atoms with Gasteiger partial charge in [-0.3, -0.25) is 4.98 Å². The molecule has 1 rings (SSSR count). The molecule has 0 saturated carbocycles. The molecule has 0 aliphatic heterocycles. The molecule has 1 aromatic heterocycles. The Hall–Kier alpha value is -0.600. The maximum Gasteiger partial charge on any atom is 0.0592 e. The maximum absolute atomic E-state index is 5.73. The molecule has 0 aliphatic carbocycles. The van der Waals surface area contributed by atoms with Gasteiger partial charge in [-0.25, -0.2) is 0 Å². The average Bonchev–Trinajstić information content (AvgIpc) is 2.04. The van der Waals surface area contributed by atoms with Gasteiger partial charge in [-0.2, -0.15) is 0 Å². The first-order valence-corrected chi connectivity index (χ1v) is 3.99. The number of hydrogen-bond acceptors (Lipinski definition) is 2. The second-order valence-corrected chi connectivity index (χ2v) is 2.75. The number of pyridine rings is 1. The minimum absolute atomic E-state index is 0.511. The summed E-state index contributed by atoms with van der Waals surface area (Å²) in [7, 11) is 0. The van der Waals surface area contributed by atoms with Crippen molar-refractivity contribution in [2.24, 2.45) is 5.73 Å². The number of aromatic nitrogens is 1. The van der Waals surface area contributed by atoms with Gasteiger partial charge in [-0.1, -0.05) is 18.5 Å². The molecule has 0 atom stereocenters. The lowest BCUT2D eigenvalue weighted by atomic mass is 10.1. The van der Waals surface area contributed by atoms with E-state index in [0.29, 0.717) is 11.6 Å². The zero-order valence-corrected chi connectivity index (χ0v) is 7.23. The third-order valence-corrected chi connectivity index (χ3v) is 1.79. The fourth-order valence-corrected chi connectivity index (χ4v) is 1.19. The van der Waals surface area contributed by atoms with Crippen LogP contribution in [-0.4, -0.2) is 4.98 Å². The predicted molar refractivity (Wildman–Crippen MR) is 46.5 cm³/mol. The Morgan fingerprint density at radius 2 is 2.36 bits per heavy atom. The van der Waals surface area contributed by atoms with Gasteiger partial charge in [-0.05, 0) is 18.1 Å². The molecular formula is C8H11ClN2. The lowest BCUT2D eigenvalue weighted by Gasteiger charge is -2.03. The van der Waals surface area contributed by atoms with Gasteiger partial charge in [0.05, 0.1) is 5.02 Å². The summed E-state index contributed by atoms with van der Waals surface area (Å²) in [5, 5.41) is 0.655. The van der Waals surface area contributed by atoms with Crippen molar-refractivity contribution in [3.05, 3.63) is 28.5 Å². The Labute approximate surface area is 71.4 Å². The Balaban J connectivity index is 3.06. The summed E-state index contributed by atoms with van der Waals surface area (Å²) >= 11 is 5.73. The van der Waals surface area contributed by atoms with E-state index in [-0.39, 0.29) is 0 Å². The molecule has 0 aliphatic rings. The lowest BCUT2D eigenvalue weighted by molar-refractivity contribution is 0.945. The third kappa shape index (κ3) is 1.91. The van der Waals surface area contributed by atoms with E-state index < -0.39 is 0 Å². The van der Waals surface area contributed by atoms with Gasteiger partial charge in [0.25, 0.3) is 0 Å². The third-order valence-electron chi connectivity index (χ3n) is 1.58. The minimum Gasteiger partial charge on any atom is -0.326 e. The van der Waals surface area contributed by atoms with Gasteiger partial charge in [-0.15, -0.1) is 0 Å². The van der Waals surface area contributed by atoms with Crippen LogP contribution in [0.3, 0.4) is 0 Å². The molecule has 60 valence electrons. The van der Waals surface area contributed by atoms with Crippen LogP contribution in [0, 0.1) is 0 Å². The van der Waals surface area contributed by atoms with E-state index in [9.17, 15) is 0 Å². The first-order valence-electron chi connectivity index (χ1n) is 3.61. The van der Waals surface area contributed by atoms with Gasteiger partial charge < -0.3 is 5.73 Å². The molecule has 1 aromatic rings. The van der Waals surface area contributed by atoms with Crippen molar-refractivity contribution in [2.75, 3.05) is 0 Å². The molecular weight excluding hydrogens is 160 g/mol. The fraction of sp³-hybridized carbons (Fsp3) is 0.375. The summed E-state index contributed by atoms with van der Waals surface area (Å²) < 4.78 is 0. The summed E-state index contributed by atoms with van der Waals surface area (Å²) in [6.07, 6.45) is 2.56. The van der Waals surface area contributed by atoms with E-state index in [1.807, 2.05) is 6.07 Å². The number of hydrogen-bond donors (Lipinski definition) is 1. The SMILES string of the molecule is CCc1ncc(Cl)cc1CN. The molecule has 2 nitrogen and oxygen atoms in total. The predicted octanol–water partition coefficient (Wildman–Crippen LogP) is 1.76. The Morgan fingerprint density at radius 3 is 2.91 bits per heavy atom. The van der Waals surface area contributed by atoms with E-state index >= 15 is 0 Å². The molecule has 0 amide bonds. The first kappa shape index (κ1) is 8.50. The highest BCUT2D eigenvalue weighted by atomic mass is 35.5. The van der Waals surface area contributed by atoms with E-state index in [0.717, 1.165) is 17.7 Å². The van der Waals surface area contributed by atoms with Crippen LogP contribution in [-0.2, 0) is 13.0 Å². The first-order chi connectivity index (χ1) is 5.27. The molecule has 0 spiro atoms. The molecule has 3 heteroatoms. The maximum atomic E-state index is 5.73. The highest BCUT2D eigenvalue weighted by molar-refractivity contribution is 6.30. The number of halogens is 1. The average molecular weight is 171 g/mol. The quantitative estimate of drug-likeness (QED) is 0.735. The number of nitrogens with zero attached hydrogens (tertiary/aromatic N) is 1. The second kappa shape index (κ2) is 3.69. The Bertz CT molecular complexity index is 248. The van der Waals surface area contributed by atoms with Crippen molar-refractivity contribution in [1.82, 2.24) is 4.98 Å². The van der Waals surface area contributed by atoms with Crippen LogP contribution >= 0.6 is 11.6 Å². The van der Waals surface area contributed by atoms with Crippen molar-refractivity contribution >= 4 is 11.6 Å². The molecule has 0 saturated heterocycles. The zero-order valence-electron chi connectivity index (χ0n) is 6.47. The van der Waals surface area contributed by atoms with Crippen LogP contribution in [0.15, 0.2) is 12.3 Å². The summed E-state index contributed by atoms with van der Waals surface area (Å²) in [5.74, 6) is 0. The molecule has 0 aromatic carbocycles. The summed E-state index contributed by atoms with van der Waals surface area (Å²) in [6, 6.07) is 1.87. The lowest BCUT2D eigenvalue weighted by Crippen LogP contribution is -2.02. The van der Waals surface area contributed by atoms with Crippen molar-refractivity contribution in [2.45, 2.75) is 19.9 Å². The van der Waals surface area contributed by atoms with E-state index in [2.05, 4.69) is 11.9 Å². The Morgan fingerprint density at radius 1 is 1.64 bits per heavy atom. The monoisotopic (exact) mass is 170 g/mol. The Kier molecular flexibility index (Phi) is 2.85. The fourth-order valence-electron chi connectivity index (χ4n) is 1.00. The van der Waals surface area contributed by atoms with Crippen LogP contribution < -0.4 is 5.73 Å². The number of aryl methyl sites for hydroxylation is 1. The van der Waals surface area contributed by atoms with Crippen molar-refractivity contribution < 1.29 is 0 Å². The smallest absolute Gasteiger partial charge is 0.0592 e. The van der Waals surface area contributed by atoms with Crippen LogP contribution in [0.5, 0.6) is 0 Å². The van der Waals surface area contributed by atoms with Gasteiger partial charge in [0.1, 0.15) is 0 Å².